The van der Waals surface area contributed by atoms with Crippen LogP contribution in [-0.2, 0) is 13.8 Å². The van der Waals surface area contributed by atoms with E-state index >= 15 is 0 Å². The lowest BCUT2D eigenvalue weighted by atomic mass is 10.0. The largest absolute Gasteiger partial charge is 0.465 e. The van der Waals surface area contributed by atoms with Crippen LogP contribution in [-0.4, -0.2) is 21.5 Å². The lowest BCUT2D eigenvalue weighted by molar-refractivity contribution is 0.0599. The molecule has 0 heterocycles. The smallest absolute Gasteiger partial charge is 0.338 e. The molecule has 1 rings (SSSR count). The van der Waals surface area contributed by atoms with Gasteiger partial charge in [0.25, 0.3) is 9.05 Å². The van der Waals surface area contributed by atoms with E-state index in [1.54, 1.807) is 13.8 Å². The Hall–Kier alpha value is -1.07. The van der Waals surface area contributed by atoms with E-state index in [-0.39, 0.29) is 10.5 Å². The van der Waals surface area contributed by atoms with Gasteiger partial charge in [0.1, 0.15) is 0 Å². The first-order chi connectivity index (χ1) is 7.27. The van der Waals surface area contributed by atoms with Crippen LogP contribution in [0.4, 0.5) is 0 Å². The minimum absolute atomic E-state index is 0.0994. The molecular formula is C10H11ClO4S. The quantitative estimate of drug-likeness (QED) is 0.604. The number of hydrogen-bond donors (Lipinski definition) is 0. The Morgan fingerprint density at radius 3 is 2.31 bits per heavy atom. The average molecular weight is 263 g/mol. The van der Waals surface area contributed by atoms with Gasteiger partial charge in [0.05, 0.1) is 17.6 Å². The number of halogens is 1. The second-order valence-electron chi connectivity index (χ2n) is 3.34. The van der Waals surface area contributed by atoms with Crippen molar-refractivity contribution in [2.75, 3.05) is 7.11 Å². The zero-order chi connectivity index (χ0) is 12.5. The third kappa shape index (κ3) is 2.54. The van der Waals surface area contributed by atoms with Crippen LogP contribution in [0.5, 0.6) is 0 Å². The highest BCUT2D eigenvalue weighted by Crippen LogP contribution is 2.22. The summed E-state index contributed by atoms with van der Waals surface area (Å²) in [7, 11) is 2.62. The number of esters is 1. The Kier molecular flexibility index (Phi) is 3.60. The maximum Gasteiger partial charge on any atom is 0.338 e. The summed E-state index contributed by atoms with van der Waals surface area (Å²) in [6.07, 6.45) is 0. The molecule has 0 aliphatic carbocycles. The van der Waals surface area contributed by atoms with E-state index in [0.29, 0.717) is 11.1 Å². The molecule has 0 saturated carbocycles. The lowest BCUT2D eigenvalue weighted by Crippen LogP contribution is -2.07. The summed E-state index contributed by atoms with van der Waals surface area (Å²) in [5.41, 5.74) is 1.56. The minimum Gasteiger partial charge on any atom is -0.465 e. The molecule has 0 fully saturated rings. The van der Waals surface area contributed by atoms with Crippen LogP contribution < -0.4 is 0 Å². The highest BCUT2D eigenvalue weighted by molar-refractivity contribution is 8.13. The molecule has 1 aromatic rings. The van der Waals surface area contributed by atoms with E-state index in [0.717, 1.165) is 0 Å². The van der Waals surface area contributed by atoms with Gasteiger partial charge in [-0.05, 0) is 37.1 Å². The molecule has 0 aromatic heterocycles. The maximum atomic E-state index is 11.4. The van der Waals surface area contributed by atoms with Crippen LogP contribution in [0.3, 0.4) is 0 Å². The zero-order valence-corrected chi connectivity index (χ0v) is 10.6. The van der Waals surface area contributed by atoms with Gasteiger partial charge in [-0.3, -0.25) is 0 Å². The second kappa shape index (κ2) is 4.43. The minimum atomic E-state index is -3.84. The third-order valence-electron chi connectivity index (χ3n) is 2.33. The summed E-state index contributed by atoms with van der Waals surface area (Å²) in [4.78, 5) is 11.3. The molecule has 0 unspecified atom stereocenters. The van der Waals surface area contributed by atoms with Crippen molar-refractivity contribution in [2.24, 2.45) is 0 Å². The number of carbonyl (C=O) groups excluding carboxylic acids is 1. The molecule has 88 valence electrons. The fraction of sp³-hybridized carbons (Fsp3) is 0.300. The van der Waals surface area contributed by atoms with E-state index in [4.69, 9.17) is 10.7 Å². The van der Waals surface area contributed by atoms with Gasteiger partial charge in [0.2, 0.25) is 0 Å². The summed E-state index contributed by atoms with van der Waals surface area (Å²) in [6, 6.07) is 2.64. The summed E-state index contributed by atoms with van der Waals surface area (Å²) in [5.74, 6) is -0.581. The number of ether oxygens (including phenoxy) is 1. The molecule has 0 atom stereocenters. The Labute approximate surface area is 98.6 Å². The molecular weight excluding hydrogens is 252 g/mol. The number of benzene rings is 1. The highest BCUT2D eigenvalue weighted by Gasteiger charge is 2.18. The van der Waals surface area contributed by atoms with Gasteiger partial charge in [-0.2, -0.15) is 0 Å². The van der Waals surface area contributed by atoms with E-state index in [2.05, 4.69) is 4.74 Å². The maximum absolute atomic E-state index is 11.4. The Bertz CT molecular complexity index is 534. The van der Waals surface area contributed by atoms with Gasteiger partial charge < -0.3 is 4.74 Å². The van der Waals surface area contributed by atoms with Gasteiger partial charge in [-0.25, -0.2) is 13.2 Å². The summed E-state index contributed by atoms with van der Waals surface area (Å²) in [6.45, 7) is 3.42. The monoisotopic (exact) mass is 262 g/mol. The van der Waals surface area contributed by atoms with Crippen LogP contribution in [0.25, 0.3) is 0 Å². The lowest BCUT2D eigenvalue weighted by Gasteiger charge is -2.08. The van der Waals surface area contributed by atoms with Crippen molar-refractivity contribution in [1.82, 2.24) is 0 Å². The Morgan fingerprint density at radius 1 is 1.31 bits per heavy atom. The molecule has 0 N–H and O–H groups in total. The third-order valence-corrected chi connectivity index (χ3v) is 3.66. The molecule has 0 radical (unpaired) electrons. The molecule has 4 nitrogen and oxygen atoms in total. The first kappa shape index (κ1) is 13.0. The van der Waals surface area contributed by atoms with Gasteiger partial charge in [0.15, 0.2) is 0 Å². The van der Waals surface area contributed by atoms with Crippen LogP contribution in [0.15, 0.2) is 17.0 Å². The number of carbonyl (C=O) groups is 1. The predicted octanol–water partition coefficient (Wildman–Crippen LogP) is 2.02. The molecule has 6 heteroatoms. The number of rotatable bonds is 2. The Morgan fingerprint density at radius 2 is 1.88 bits per heavy atom. The van der Waals surface area contributed by atoms with Crippen molar-refractivity contribution in [3.63, 3.8) is 0 Å². The van der Waals surface area contributed by atoms with Crippen molar-refractivity contribution in [3.8, 4) is 0 Å². The topological polar surface area (TPSA) is 60.4 Å². The number of hydrogen-bond acceptors (Lipinski definition) is 4. The SMILES string of the molecule is COC(=O)c1cc(S(=O)(=O)Cl)cc(C)c1C. The van der Waals surface area contributed by atoms with Crippen LogP contribution >= 0.6 is 10.7 Å². The molecule has 0 spiro atoms. The molecule has 16 heavy (non-hydrogen) atoms. The number of aryl methyl sites for hydroxylation is 1. The van der Waals surface area contributed by atoms with Crippen LogP contribution in [0, 0.1) is 13.8 Å². The van der Waals surface area contributed by atoms with Crippen molar-refractivity contribution in [1.29, 1.82) is 0 Å². The standard InChI is InChI=1S/C10H11ClO4S/c1-6-4-8(16(11,13)14)5-9(7(6)2)10(12)15-3/h4-5H,1-3H3. The van der Waals surface area contributed by atoms with E-state index in [1.807, 2.05) is 0 Å². The zero-order valence-electron chi connectivity index (χ0n) is 9.07. The molecule has 0 saturated heterocycles. The second-order valence-corrected chi connectivity index (χ2v) is 5.91. The van der Waals surface area contributed by atoms with Crippen LogP contribution in [0.2, 0.25) is 0 Å². The summed E-state index contributed by atoms with van der Waals surface area (Å²) < 4.78 is 26.9. The van der Waals surface area contributed by atoms with E-state index < -0.39 is 15.0 Å². The molecule has 0 aliphatic heterocycles. The van der Waals surface area contributed by atoms with E-state index in [1.165, 1.54) is 19.2 Å². The molecule has 0 aliphatic rings. The van der Waals surface area contributed by atoms with Gasteiger partial charge in [-0.15, -0.1) is 0 Å². The van der Waals surface area contributed by atoms with Gasteiger partial charge in [-0.1, -0.05) is 0 Å². The fourth-order valence-corrected chi connectivity index (χ4v) is 2.13. The van der Waals surface area contributed by atoms with Crippen molar-refractivity contribution >= 4 is 25.7 Å². The van der Waals surface area contributed by atoms with Gasteiger partial charge in [0, 0.05) is 10.7 Å². The van der Waals surface area contributed by atoms with Crippen LogP contribution in [0.1, 0.15) is 21.5 Å². The first-order valence-electron chi connectivity index (χ1n) is 4.41. The van der Waals surface area contributed by atoms with Gasteiger partial charge >= 0.3 is 5.97 Å². The molecule has 1 aromatic carbocycles. The van der Waals surface area contributed by atoms with E-state index in [9.17, 15) is 13.2 Å². The summed E-state index contributed by atoms with van der Waals surface area (Å²) >= 11 is 0. The normalized spacial score (nSPS) is 11.2. The first-order valence-corrected chi connectivity index (χ1v) is 6.72. The highest BCUT2D eigenvalue weighted by atomic mass is 35.7. The Balaban J connectivity index is 3.51. The predicted molar refractivity (Wildman–Crippen MR) is 60.3 cm³/mol. The van der Waals surface area contributed by atoms with Crippen molar-refractivity contribution in [2.45, 2.75) is 18.7 Å². The average Bonchev–Trinajstić information content (AvgIpc) is 2.19. The van der Waals surface area contributed by atoms with Crippen molar-refractivity contribution < 1.29 is 17.9 Å². The number of methoxy groups -OCH3 is 1. The molecule has 0 bridgehead atoms. The summed E-state index contributed by atoms with van der Waals surface area (Å²) in [5, 5.41) is 0. The molecule has 0 amide bonds. The fourth-order valence-electron chi connectivity index (χ4n) is 1.29. The van der Waals surface area contributed by atoms with Crippen molar-refractivity contribution in [3.05, 3.63) is 28.8 Å².